The van der Waals surface area contributed by atoms with Crippen LogP contribution in [0.2, 0.25) is 0 Å². The van der Waals surface area contributed by atoms with Crippen molar-refractivity contribution in [3.8, 4) is 5.75 Å². The van der Waals surface area contributed by atoms with Crippen molar-refractivity contribution in [3.05, 3.63) is 29.1 Å². The minimum Gasteiger partial charge on any atom is -0.392 e. The van der Waals surface area contributed by atoms with E-state index in [1.807, 2.05) is 0 Å². The number of hydrogen-bond acceptors (Lipinski definition) is 5. The van der Waals surface area contributed by atoms with Crippen LogP contribution in [0, 0.1) is 0 Å². The largest absolute Gasteiger partial charge is 0.534 e. The van der Waals surface area contributed by atoms with Crippen LogP contribution >= 0.6 is 11.3 Å². The molecule has 1 aromatic carbocycles. The lowest BCUT2D eigenvalue weighted by molar-refractivity contribution is -0.0499. The lowest BCUT2D eigenvalue weighted by Gasteiger charge is -2.11. The van der Waals surface area contributed by atoms with E-state index < -0.39 is 28.0 Å². The van der Waals surface area contributed by atoms with Crippen LogP contribution in [0.5, 0.6) is 5.75 Å². The molecule has 0 atom stereocenters. The van der Waals surface area contributed by atoms with E-state index in [9.17, 15) is 21.6 Å². The topological polar surface area (TPSA) is 63.6 Å². The third-order valence-electron chi connectivity index (χ3n) is 3.20. The van der Waals surface area contributed by atoms with Gasteiger partial charge in [0, 0.05) is 0 Å². The Morgan fingerprint density at radius 1 is 1.16 bits per heavy atom. The normalized spacial score (nSPS) is 11.9. The summed E-state index contributed by atoms with van der Waals surface area (Å²) in [5.74, 6) is -0.436. The number of unbranched alkanes of at least 4 members (excludes halogenated alkanes) is 3. The van der Waals surface area contributed by atoms with Gasteiger partial charge in [-0.25, -0.2) is 0 Å². The molecule has 0 aliphatic heterocycles. The van der Waals surface area contributed by atoms with Crippen molar-refractivity contribution in [2.24, 2.45) is 0 Å². The lowest BCUT2D eigenvalue weighted by atomic mass is 10.1. The molecule has 0 unspecified atom stereocenters. The summed E-state index contributed by atoms with van der Waals surface area (Å²) in [5.41, 5.74) is -5.23. The highest BCUT2D eigenvalue weighted by Gasteiger charge is 2.48. The van der Waals surface area contributed by atoms with Crippen molar-refractivity contribution in [1.29, 1.82) is 0 Å². The maximum Gasteiger partial charge on any atom is 0.534 e. The van der Waals surface area contributed by atoms with Gasteiger partial charge in [0.25, 0.3) is 0 Å². The first-order chi connectivity index (χ1) is 11.7. The summed E-state index contributed by atoms with van der Waals surface area (Å²) in [5, 5.41) is 11.1. The Morgan fingerprint density at radius 3 is 2.24 bits per heavy atom. The summed E-state index contributed by atoms with van der Waals surface area (Å²) in [6, 6.07) is 4.20. The summed E-state index contributed by atoms with van der Waals surface area (Å²) in [4.78, 5) is 0. The van der Waals surface area contributed by atoms with Crippen LogP contribution in [0.1, 0.15) is 45.1 Å². The molecule has 0 aliphatic carbocycles. The molecule has 0 saturated heterocycles. The van der Waals surface area contributed by atoms with E-state index >= 15 is 0 Å². The first kappa shape index (κ1) is 21.7. The standard InChI is InChI=1S/C10H7F3O4S2.C6H14/c11-10(12,13)19(15,16)17-8-4-6(5-14)3-7-1-2-18-9(7)8;1-3-5-6-4-2/h1-4,14H,5H2;3-6H2,1-2H3. The molecule has 2 rings (SSSR count). The number of hydrogen-bond donors (Lipinski definition) is 1. The smallest absolute Gasteiger partial charge is 0.392 e. The maximum absolute atomic E-state index is 12.3. The molecule has 25 heavy (non-hydrogen) atoms. The molecule has 0 bridgehead atoms. The van der Waals surface area contributed by atoms with Gasteiger partial charge < -0.3 is 9.29 Å². The van der Waals surface area contributed by atoms with Crippen molar-refractivity contribution in [1.82, 2.24) is 0 Å². The number of alkyl halides is 3. The van der Waals surface area contributed by atoms with Crippen molar-refractivity contribution in [3.63, 3.8) is 0 Å². The van der Waals surface area contributed by atoms with Crippen molar-refractivity contribution < 1.29 is 30.9 Å². The lowest BCUT2D eigenvalue weighted by Crippen LogP contribution is -2.28. The Hall–Kier alpha value is -1.32. The first-order valence-corrected chi connectivity index (χ1v) is 10.1. The molecule has 2 aromatic rings. The molecule has 0 aliphatic rings. The molecule has 0 amide bonds. The van der Waals surface area contributed by atoms with Gasteiger partial charge in [0.2, 0.25) is 0 Å². The zero-order chi connectivity index (χ0) is 19.1. The van der Waals surface area contributed by atoms with Crippen LogP contribution in [-0.2, 0) is 16.7 Å². The van der Waals surface area contributed by atoms with E-state index in [1.54, 1.807) is 17.5 Å². The summed E-state index contributed by atoms with van der Waals surface area (Å²) >= 11 is 1.05. The predicted octanol–water partition coefficient (Wildman–Crippen LogP) is 5.21. The van der Waals surface area contributed by atoms with Gasteiger partial charge in [0.15, 0.2) is 5.75 Å². The van der Waals surface area contributed by atoms with Gasteiger partial charge in [-0.3, -0.25) is 0 Å². The van der Waals surface area contributed by atoms with Gasteiger partial charge in [0.05, 0.1) is 11.3 Å². The number of halogens is 3. The zero-order valence-electron chi connectivity index (χ0n) is 14.0. The van der Waals surface area contributed by atoms with Gasteiger partial charge in [-0.2, -0.15) is 21.6 Å². The Balaban J connectivity index is 0.000000450. The molecule has 0 spiro atoms. The summed E-state index contributed by atoms with van der Waals surface area (Å²) in [6.45, 7) is 4.03. The fraction of sp³-hybridized carbons (Fsp3) is 0.500. The molecule has 0 fully saturated rings. The van der Waals surface area contributed by atoms with Crippen molar-refractivity contribution >= 4 is 31.5 Å². The third kappa shape index (κ3) is 6.16. The second-order valence-electron chi connectivity index (χ2n) is 5.28. The Kier molecular flexibility index (Phi) is 8.17. The number of thiophene rings is 1. The SMILES string of the molecule is CCCCCC.O=S(=O)(Oc1cc(CO)cc2ccsc12)C(F)(F)F. The van der Waals surface area contributed by atoms with Crippen molar-refractivity contribution in [2.75, 3.05) is 0 Å². The fourth-order valence-electron chi connectivity index (χ4n) is 1.93. The van der Waals surface area contributed by atoms with Crippen LogP contribution in [0.4, 0.5) is 13.2 Å². The van der Waals surface area contributed by atoms with Crippen molar-refractivity contribution in [2.45, 2.75) is 51.6 Å². The average molecular weight is 398 g/mol. The number of fused-ring (bicyclic) bond motifs is 1. The van der Waals surface area contributed by atoms with Gasteiger partial charge in [-0.15, -0.1) is 11.3 Å². The molecule has 1 N–H and O–H groups in total. The Morgan fingerprint density at radius 2 is 1.76 bits per heavy atom. The summed E-state index contributed by atoms with van der Waals surface area (Å²) < 4.78 is 63.2. The van der Waals surface area contributed by atoms with E-state index in [4.69, 9.17) is 5.11 Å². The van der Waals surface area contributed by atoms with E-state index in [0.29, 0.717) is 5.39 Å². The second kappa shape index (κ2) is 9.40. The summed E-state index contributed by atoms with van der Waals surface area (Å²) in [7, 11) is -5.72. The molecule has 9 heteroatoms. The Labute approximate surface area is 149 Å². The highest BCUT2D eigenvalue weighted by atomic mass is 32.2. The minimum absolute atomic E-state index is 0.262. The van der Waals surface area contributed by atoms with E-state index in [2.05, 4.69) is 18.0 Å². The van der Waals surface area contributed by atoms with Crippen LogP contribution in [0.15, 0.2) is 23.6 Å². The van der Waals surface area contributed by atoms with Crippen LogP contribution < -0.4 is 4.18 Å². The molecular weight excluding hydrogens is 377 g/mol. The molecule has 0 saturated carbocycles. The van der Waals surface area contributed by atoms with E-state index in [0.717, 1.165) is 17.4 Å². The molecule has 1 heterocycles. The van der Waals surface area contributed by atoms with Gasteiger partial charge in [-0.1, -0.05) is 39.5 Å². The van der Waals surface area contributed by atoms with Gasteiger partial charge in [0.1, 0.15) is 0 Å². The van der Waals surface area contributed by atoms with Crippen LogP contribution in [0.3, 0.4) is 0 Å². The average Bonchev–Trinajstić information content (AvgIpc) is 3.00. The quantitative estimate of drug-likeness (QED) is 0.412. The number of benzene rings is 1. The fourth-order valence-corrected chi connectivity index (χ4v) is 3.27. The number of aliphatic hydroxyl groups excluding tert-OH is 1. The monoisotopic (exact) mass is 398 g/mol. The molecule has 4 nitrogen and oxygen atoms in total. The predicted molar refractivity (Wildman–Crippen MR) is 93.2 cm³/mol. The second-order valence-corrected chi connectivity index (χ2v) is 7.74. The molecular formula is C16H21F3O4S2. The minimum atomic E-state index is -5.72. The maximum atomic E-state index is 12.3. The highest BCUT2D eigenvalue weighted by molar-refractivity contribution is 7.88. The van der Waals surface area contributed by atoms with E-state index in [-0.39, 0.29) is 10.3 Å². The summed E-state index contributed by atoms with van der Waals surface area (Å²) in [6.07, 6.45) is 5.54. The van der Waals surface area contributed by atoms with E-state index in [1.165, 1.54) is 25.7 Å². The van der Waals surface area contributed by atoms with Gasteiger partial charge >= 0.3 is 15.6 Å². The number of aliphatic hydroxyl groups is 1. The third-order valence-corrected chi connectivity index (χ3v) is 5.11. The molecule has 1 aromatic heterocycles. The molecule has 0 radical (unpaired) electrons. The first-order valence-electron chi connectivity index (χ1n) is 7.78. The van der Waals surface area contributed by atoms with Crippen LogP contribution in [0.25, 0.3) is 10.1 Å². The highest BCUT2D eigenvalue weighted by Crippen LogP contribution is 2.35. The van der Waals surface area contributed by atoms with Crippen LogP contribution in [-0.4, -0.2) is 19.0 Å². The molecule has 142 valence electrons. The van der Waals surface area contributed by atoms with Gasteiger partial charge in [-0.05, 0) is 34.5 Å². The Bertz CT molecular complexity index is 763. The number of rotatable bonds is 6. The zero-order valence-corrected chi connectivity index (χ0v) is 15.6.